The molecule has 0 bridgehead atoms. The maximum absolute atomic E-state index is 11.6. The van der Waals surface area contributed by atoms with Crippen molar-refractivity contribution in [1.29, 1.82) is 0 Å². The van der Waals surface area contributed by atoms with E-state index in [-0.39, 0.29) is 5.91 Å². The third-order valence-corrected chi connectivity index (χ3v) is 4.15. The molecule has 1 amide bonds. The molecule has 0 radical (unpaired) electrons. The molecule has 0 aliphatic carbocycles. The van der Waals surface area contributed by atoms with E-state index in [4.69, 9.17) is 4.74 Å². The first-order chi connectivity index (χ1) is 8.25. The van der Waals surface area contributed by atoms with Crippen LogP contribution in [0.15, 0.2) is 11.4 Å². The van der Waals surface area contributed by atoms with Gasteiger partial charge in [-0.15, -0.1) is 11.3 Å². The Bertz CT molecular complexity index is 369. The van der Waals surface area contributed by atoms with Crippen LogP contribution >= 0.6 is 11.3 Å². The van der Waals surface area contributed by atoms with Crippen molar-refractivity contribution < 1.29 is 9.53 Å². The van der Waals surface area contributed by atoms with E-state index >= 15 is 0 Å². The van der Waals surface area contributed by atoms with Crippen molar-refractivity contribution in [2.24, 2.45) is 0 Å². The van der Waals surface area contributed by atoms with Gasteiger partial charge in [0, 0.05) is 17.9 Å². The Morgan fingerprint density at radius 3 is 3.18 bits per heavy atom. The summed E-state index contributed by atoms with van der Waals surface area (Å²) in [6.07, 6.45) is 3.99. The van der Waals surface area contributed by atoms with Crippen molar-refractivity contribution in [3.8, 4) is 0 Å². The second-order valence-electron chi connectivity index (χ2n) is 4.48. The quantitative estimate of drug-likeness (QED) is 0.876. The summed E-state index contributed by atoms with van der Waals surface area (Å²) < 4.78 is 5.49. The standard InChI is InChI=1S/C13H19NO2S/c1-10-6-8-17-12(10)9-14-13(15)5-4-11-3-2-7-16-11/h6,8,11H,2-5,7,9H2,1H3,(H,14,15). The summed E-state index contributed by atoms with van der Waals surface area (Å²) >= 11 is 1.70. The molecule has 1 aliphatic rings. The molecule has 0 aromatic carbocycles. The summed E-state index contributed by atoms with van der Waals surface area (Å²) in [5.74, 6) is 0.133. The van der Waals surface area contributed by atoms with Crippen LogP contribution < -0.4 is 5.32 Å². The predicted molar refractivity (Wildman–Crippen MR) is 69.1 cm³/mol. The Hall–Kier alpha value is -0.870. The maximum Gasteiger partial charge on any atom is 0.220 e. The van der Waals surface area contributed by atoms with Crippen LogP contribution in [0.4, 0.5) is 0 Å². The molecule has 0 spiro atoms. The van der Waals surface area contributed by atoms with Gasteiger partial charge >= 0.3 is 0 Å². The SMILES string of the molecule is Cc1ccsc1CNC(=O)CCC1CCCO1. The average molecular weight is 253 g/mol. The van der Waals surface area contributed by atoms with E-state index in [0.29, 0.717) is 19.1 Å². The molecular formula is C13H19NO2S. The first-order valence-corrected chi connectivity index (χ1v) is 7.05. The molecule has 1 fully saturated rings. The van der Waals surface area contributed by atoms with Crippen LogP contribution in [0.25, 0.3) is 0 Å². The van der Waals surface area contributed by atoms with Gasteiger partial charge in [-0.05, 0) is 43.2 Å². The Kier molecular flexibility index (Phi) is 4.57. The monoisotopic (exact) mass is 253 g/mol. The molecule has 0 saturated carbocycles. The van der Waals surface area contributed by atoms with E-state index < -0.39 is 0 Å². The fraction of sp³-hybridized carbons (Fsp3) is 0.615. The minimum absolute atomic E-state index is 0.133. The number of ether oxygens (including phenoxy) is 1. The Balaban J connectivity index is 1.65. The van der Waals surface area contributed by atoms with E-state index in [1.807, 2.05) is 0 Å². The van der Waals surface area contributed by atoms with Gasteiger partial charge in [0.2, 0.25) is 5.91 Å². The summed E-state index contributed by atoms with van der Waals surface area (Å²) in [6.45, 7) is 3.60. The van der Waals surface area contributed by atoms with Gasteiger partial charge in [0.1, 0.15) is 0 Å². The zero-order chi connectivity index (χ0) is 12.1. The summed E-state index contributed by atoms with van der Waals surface area (Å²) in [7, 11) is 0. The number of carbonyl (C=O) groups is 1. The molecule has 1 aromatic heterocycles. The van der Waals surface area contributed by atoms with Crippen molar-refractivity contribution in [2.45, 2.75) is 45.3 Å². The molecular weight excluding hydrogens is 234 g/mol. The Labute approximate surface area is 106 Å². The van der Waals surface area contributed by atoms with Crippen LogP contribution in [-0.4, -0.2) is 18.6 Å². The van der Waals surface area contributed by atoms with Crippen molar-refractivity contribution in [3.05, 3.63) is 21.9 Å². The third-order valence-electron chi connectivity index (χ3n) is 3.13. The molecule has 1 aromatic rings. The number of hydrogen-bond donors (Lipinski definition) is 1. The Morgan fingerprint density at radius 2 is 2.53 bits per heavy atom. The lowest BCUT2D eigenvalue weighted by atomic mass is 10.1. The van der Waals surface area contributed by atoms with Gasteiger partial charge in [-0.3, -0.25) is 4.79 Å². The van der Waals surface area contributed by atoms with E-state index in [2.05, 4.69) is 23.7 Å². The van der Waals surface area contributed by atoms with Gasteiger partial charge in [0.05, 0.1) is 12.6 Å². The lowest BCUT2D eigenvalue weighted by Crippen LogP contribution is -2.23. The van der Waals surface area contributed by atoms with Crippen LogP contribution in [0.2, 0.25) is 0 Å². The molecule has 1 N–H and O–H groups in total. The molecule has 17 heavy (non-hydrogen) atoms. The highest BCUT2D eigenvalue weighted by atomic mass is 32.1. The van der Waals surface area contributed by atoms with E-state index in [0.717, 1.165) is 25.9 Å². The highest BCUT2D eigenvalue weighted by Crippen LogP contribution is 2.17. The zero-order valence-electron chi connectivity index (χ0n) is 10.2. The van der Waals surface area contributed by atoms with E-state index in [1.54, 1.807) is 11.3 Å². The van der Waals surface area contributed by atoms with Crippen molar-refractivity contribution in [1.82, 2.24) is 5.32 Å². The Morgan fingerprint density at radius 1 is 1.65 bits per heavy atom. The number of carbonyl (C=O) groups excluding carboxylic acids is 1. The zero-order valence-corrected chi connectivity index (χ0v) is 11.0. The average Bonchev–Trinajstić information content (AvgIpc) is 2.95. The summed E-state index contributed by atoms with van der Waals surface area (Å²) in [4.78, 5) is 12.9. The molecule has 1 atom stereocenters. The molecule has 1 unspecified atom stereocenters. The van der Waals surface area contributed by atoms with Crippen molar-refractivity contribution in [3.63, 3.8) is 0 Å². The van der Waals surface area contributed by atoms with E-state index in [1.165, 1.54) is 10.4 Å². The normalized spacial score (nSPS) is 19.5. The first kappa shape index (κ1) is 12.6. The highest BCUT2D eigenvalue weighted by molar-refractivity contribution is 7.10. The minimum Gasteiger partial charge on any atom is -0.378 e. The maximum atomic E-state index is 11.6. The fourth-order valence-electron chi connectivity index (χ4n) is 2.02. The number of amides is 1. The molecule has 94 valence electrons. The van der Waals surface area contributed by atoms with Crippen LogP contribution in [0.5, 0.6) is 0 Å². The number of hydrogen-bond acceptors (Lipinski definition) is 3. The largest absolute Gasteiger partial charge is 0.378 e. The first-order valence-electron chi connectivity index (χ1n) is 6.17. The van der Waals surface area contributed by atoms with Gasteiger partial charge in [0.25, 0.3) is 0 Å². The molecule has 1 aliphatic heterocycles. The smallest absolute Gasteiger partial charge is 0.220 e. The molecule has 1 saturated heterocycles. The van der Waals surface area contributed by atoms with Crippen molar-refractivity contribution in [2.75, 3.05) is 6.61 Å². The topological polar surface area (TPSA) is 38.3 Å². The van der Waals surface area contributed by atoms with Gasteiger partial charge < -0.3 is 10.1 Å². The number of nitrogens with one attached hydrogen (secondary N) is 1. The summed E-state index contributed by atoms with van der Waals surface area (Å²) in [6, 6.07) is 2.08. The molecule has 2 heterocycles. The van der Waals surface area contributed by atoms with Gasteiger partial charge in [-0.2, -0.15) is 0 Å². The van der Waals surface area contributed by atoms with Crippen LogP contribution in [0, 0.1) is 6.92 Å². The highest BCUT2D eigenvalue weighted by Gasteiger charge is 2.16. The number of rotatable bonds is 5. The van der Waals surface area contributed by atoms with Crippen LogP contribution in [-0.2, 0) is 16.1 Å². The van der Waals surface area contributed by atoms with Gasteiger partial charge in [-0.25, -0.2) is 0 Å². The van der Waals surface area contributed by atoms with Crippen LogP contribution in [0.3, 0.4) is 0 Å². The van der Waals surface area contributed by atoms with Crippen LogP contribution in [0.1, 0.15) is 36.1 Å². The lowest BCUT2D eigenvalue weighted by molar-refractivity contribution is -0.121. The second kappa shape index (κ2) is 6.17. The van der Waals surface area contributed by atoms with E-state index in [9.17, 15) is 4.79 Å². The molecule has 2 rings (SSSR count). The van der Waals surface area contributed by atoms with Crippen molar-refractivity contribution >= 4 is 17.2 Å². The number of thiophene rings is 1. The number of aryl methyl sites for hydroxylation is 1. The fourth-order valence-corrected chi connectivity index (χ4v) is 2.86. The minimum atomic E-state index is 0.133. The van der Waals surface area contributed by atoms with Gasteiger partial charge in [-0.1, -0.05) is 0 Å². The lowest BCUT2D eigenvalue weighted by Gasteiger charge is -2.09. The second-order valence-corrected chi connectivity index (χ2v) is 5.48. The summed E-state index contributed by atoms with van der Waals surface area (Å²) in [5.41, 5.74) is 1.26. The molecule has 3 nitrogen and oxygen atoms in total. The predicted octanol–water partition coefficient (Wildman–Crippen LogP) is 2.63. The van der Waals surface area contributed by atoms with Gasteiger partial charge in [0.15, 0.2) is 0 Å². The molecule has 4 heteroatoms. The third kappa shape index (κ3) is 3.82. The summed E-state index contributed by atoms with van der Waals surface area (Å²) in [5, 5.41) is 5.02.